The average molecular weight is 297 g/mol. The minimum atomic E-state index is -3.79. The fourth-order valence-corrected chi connectivity index (χ4v) is 2.99. The van der Waals surface area contributed by atoms with Crippen LogP contribution in [0.5, 0.6) is 0 Å². The Morgan fingerprint density at radius 2 is 2.00 bits per heavy atom. The zero-order valence-corrected chi connectivity index (χ0v) is 12.0. The van der Waals surface area contributed by atoms with Gasteiger partial charge in [-0.1, -0.05) is 12.1 Å². The highest BCUT2D eigenvalue weighted by molar-refractivity contribution is 7.92. The van der Waals surface area contributed by atoms with Gasteiger partial charge in [0.1, 0.15) is 10.7 Å². The van der Waals surface area contributed by atoms with E-state index in [0.29, 0.717) is 6.54 Å². The molecule has 7 heteroatoms. The summed E-state index contributed by atoms with van der Waals surface area (Å²) in [5.41, 5.74) is 0.757. The number of aromatic nitrogens is 1. The lowest BCUT2D eigenvalue weighted by atomic mass is 10.3. The Morgan fingerprint density at radius 3 is 2.65 bits per heavy atom. The number of hydrogen-bond acceptors (Lipinski definition) is 3. The number of hydrogen-bond donors (Lipinski definition) is 2. The van der Waals surface area contributed by atoms with Crippen LogP contribution in [0, 0.1) is 5.82 Å². The molecule has 2 N–H and O–H groups in total. The van der Waals surface area contributed by atoms with Crippen molar-refractivity contribution in [2.45, 2.75) is 11.4 Å². The lowest BCUT2D eigenvalue weighted by molar-refractivity contribution is 0.598. The van der Waals surface area contributed by atoms with E-state index in [1.54, 1.807) is 30.8 Å². The van der Waals surface area contributed by atoms with Gasteiger partial charge < -0.3 is 9.88 Å². The Balaban J connectivity index is 2.31. The summed E-state index contributed by atoms with van der Waals surface area (Å²) in [4.78, 5) is 0.105. The second-order valence-electron chi connectivity index (χ2n) is 4.39. The Bertz CT molecular complexity index is 710. The summed E-state index contributed by atoms with van der Waals surface area (Å²) in [5.74, 6) is -0.609. The molecule has 0 atom stereocenters. The number of rotatable bonds is 5. The van der Waals surface area contributed by atoms with Crippen molar-refractivity contribution < 1.29 is 12.8 Å². The molecule has 0 fully saturated rings. The van der Waals surface area contributed by atoms with Crippen LogP contribution in [0.25, 0.3) is 0 Å². The molecular weight excluding hydrogens is 281 g/mol. The Morgan fingerprint density at radius 1 is 1.30 bits per heavy atom. The Kier molecular flexibility index (Phi) is 4.10. The minimum Gasteiger partial charge on any atom is -0.352 e. The number of aryl methyl sites for hydroxylation is 1. The normalized spacial score (nSPS) is 11.6. The van der Waals surface area contributed by atoms with Crippen LogP contribution in [0.3, 0.4) is 0 Å². The predicted octanol–water partition coefficient (Wildman–Crippen LogP) is 1.68. The van der Waals surface area contributed by atoms with Crippen molar-refractivity contribution in [3.05, 3.63) is 48.0 Å². The molecule has 0 bridgehead atoms. The predicted molar refractivity (Wildman–Crippen MR) is 75.4 cm³/mol. The van der Waals surface area contributed by atoms with Gasteiger partial charge in [0.25, 0.3) is 10.0 Å². The number of halogens is 1. The molecule has 0 aliphatic rings. The molecule has 20 heavy (non-hydrogen) atoms. The van der Waals surface area contributed by atoms with Gasteiger partial charge in [0.05, 0.1) is 5.69 Å². The third kappa shape index (κ3) is 3.00. The van der Waals surface area contributed by atoms with E-state index in [1.165, 1.54) is 24.4 Å². The van der Waals surface area contributed by atoms with Gasteiger partial charge in [0.2, 0.25) is 0 Å². The van der Waals surface area contributed by atoms with Crippen molar-refractivity contribution in [3.8, 4) is 0 Å². The van der Waals surface area contributed by atoms with Crippen LogP contribution in [0.4, 0.5) is 10.1 Å². The van der Waals surface area contributed by atoms with Crippen molar-refractivity contribution in [2.24, 2.45) is 7.05 Å². The highest BCUT2D eigenvalue weighted by Gasteiger charge is 2.18. The minimum absolute atomic E-state index is 0.0634. The zero-order valence-electron chi connectivity index (χ0n) is 11.2. The van der Waals surface area contributed by atoms with E-state index in [1.807, 2.05) is 0 Å². The molecule has 2 rings (SSSR count). The van der Waals surface area contributed by atoms with Crippen LogP contribution in [0.1, 0.15) is 5.69 Å². The molecule has 1 aromatic heterocycles. The van der Waals surface area contributed by atoms with Crippen LogP contribution < -0.4 is 10.0 Å². The number of nitrogens with one attached hydrogen (secondary N) is 2. The Labute approximate surface area is 117 Å². The number of para-hydroxylation sites is 1. The summed E-state index contributed by atoms with van der Waals surface area (Å²) >= 11 is 0. The van der Waals surface area contributed by atoms with Gasteiger partial charge in [-0.15, -0.1) is 0 Å². The highest BCUT2D eigenvalue weighted by atomic mass is 32.2. The fraction of sp³-hybridized carbons (Fsp3) is 0.231. The number of nitrogens with zero attached hydrogens (tertiary/aromatic N) is 1. The number of anilines is 1. The first-order chi connectivity index (χ1) is 9.44. The number of sulfonamides is 1. The van der Waals surface area contributed by atoms with E-state index in [2.05, 4.69) is 10.0 Å². The van der Waals surface area contributed by atoms with Crippen LogP contribution in [-0.4, -0.2) is 20.0 Å². The maximum atomic E-state index is 13.5. The SMILES string of the molecule is CNCc1cc(S(=O)(=O)Nc2ccccc2F)cn1C. The maximum absolute atomic E-state index is 13.5. The summed E-state index contributed by atoms with van der Waals surface area (Å²) in [6, 6.07) is 7.21. The quantitative estimate of drug-likeness (QED) is 0.882. The summed E-state index contributed by atoms with van der Waals surface area (Å²) in [7, 11) is -0.259. The van der Waals surface area contributed by atoms with Gasteiger partial charge in [-0.3, -0.25) is 4.72 Å². The molecule has 2 aromatic rings. The lowest BCUT2D eigenvalue weighted by Gasteiger charge is -2.06. The van der Waals surface area contributed by atoms with E-state index < -0.39 is 15.8 Å². The summed E-state index contributed by atoms with van der Waals surface area (Å²) in [6.45, 7) is 0.547. The Hall–Kier alpha value is -1.86. The van der Waals surface area contributed by atoms with Crippen molar-refractivity contribution in [2.75, 3.05) is 11.8 Å². The van der Waals surface area contributed by atoms with E-state index >= 15 is 0 Å². The topological polar surface area (TPSA) is 63.1 Å². The smallest absolute Gasteiger partial charge is 0.263 e. The van der Waals surface area contributed by atoms with Crippen molar-refractivity contribution in [1.29, 1.82) is 0 Å². The molecule has 0 amide bonds. The summed E-state index contributed by atoms with van der Waals surface area (Å²) in [5, 5.41) is 2.95. The van der Waals surface area contributed by atoms with E-state index in [0.717, 1.165) is 5.69 Å². The summed E-state index contributed by atoms with van der Waals surface area (Å²) in [6.07, 6.45) is 1.50. The molecule has 5 nitrogen and oxygen atoms in total. The first-order valence-electron chi connectivity index (χ1n) is 6.01. The van der Waals surface area contributed by atoms with Crippen LogP contribution >= 0.6 is 0 Å². The first kappa shape index (κ1) is 14.5. The average Bonchev–Trinajstić information content (AvgIpc) is 2.75. The molecule has 1 heterocycles. The van der Waals surface area contributed by atoms with Gasteiger partial charge in [-0.2, -0.15) is 0 Å². The van der Waals surface area contributed by atoms with Gasteiger partial charge in [0.15, 0.2) is 0 Å². The second-order valence-corrected chi connectivity index (χ2v) is 6.08. The van der Waals surface area contributed by atoms with Gasteiger partial charge in [-0.05, 0) is 25.2 Å². The van der Waals surface area contributed by atoms with Crippen molar-refractivity contribution in [3.63, 3.8) is 0 Å². The molecule has 0 saturated heterocycles. The van der Waals surface area contributed by atoms with E-state index in [9.17, 15) is 12.8 Å². The molecule has 0 saturated carbocycles. The molecule has 0 spiro atoms. The maximum Gasteiger partial charge on any atom is 0.263 e. The molecule has 0 aliphatic heterocycles. The largest absolute Gasteiger partial charge is 0.352 e. The third-order valence-corrected chi connectivity index (χ3v) is 4.20. The fourth-order valence-electron chi connectivity index (χ4n) is 1.83. The molecule has 1 aromatic carbocycles. The summed E-state index contributed by atoms with van der Waals surface area (Å²) < 4.78 is 41.9. The van der Waals surface area contributed by atoms with Gasteiger partial charge >= 0.3 is 0 Å². The number of benzene rings is 1. The van der Waals surface area contributed by atoms with Gasteiger partial charge in [-0.25, -0.2) is 12.8 Å². The molecule has 108 valence electrons. The lowest BCUT2D eigenvalue weighted by Crippen LogP contribution is -2.13. The van der Waals surface area contributed by atoms with Crippen molar-refractivity contribution in [1.82, 2.24) is 9.88 Å². The van der Waals surface area contributed by atoms with Crippen molar-refractivity contribution >= 4 is 15.7 Å². The third-order valence-electron chi connectivity index (χ3n) is 2.87. The standard InChI is InChI=1S/C13H16FN3O2S/c1-15-8-10-7-11(9-17(10)2)20(18,19)16-13-6-4-3-5-12(13)14/h3-7,9,15-16H,8H2,1-2H3. The molecule has 0 unspecified atom stereocenters. The molecule has 0 radical (unpaired) electrons. The van der Waals surface area contributed by atoms with Crippen LogP contribution in [0.15, 0.2) is 41.4 Å². The van der Waals surface area contributed by atoms with Crippen LogP contribution in [-0.2, 0) is 23.6 Å². The monoisotopic (exact) mass is 297 g/mol. The molecular formula is C13H16FN3O2S. The van der Waals surface area contributed by atoms with E-state index in [4.69, 9.17) is 0 Å². The first-order valence-corrected chi connectivity index (χ1v) is 7.49. The van der Waals surface area contributed by atoms with E-state index in [-0.39, 0.29) is 10.6 Å². The highest BCUT2D eigenvalue weighted by Crippen LogP contribution is 2.20. The van der Waals surface area contributed by atoms with Gasteiger partial charge in [0, 0.05) is 25.5 Å². The van der Waals surface area contributed by atoms with Crippen LogP contribution in [0.2, 0.25) is 0 Å². The second kappa shape index (κ2) is 5.64. The molecule has 0 aliphatic carbocycles. The zero-order chi connectivity index (χ0) is 14.8.